The lowest BCUT2D eigenvalue weighted by atomic mass is 9.93. The number of aromatic nitrogens is 1. The number of para-hydroxylation sites is 2. The van der Waals surface area contributed by atoms with E-state index in [0.29, 0.717) is 0 Å². The van der Waals surface area contributed by atoms with E-state index in [0.717, 1.165) is 84.0 Å². The molecule has 3 heteroatoms. The minimum Gasteiger partial charge on any atom is -0.310 e. The van der Waals surface area contributed by atoms with Crippen LogP contribution in [0, 0.1) is 0 Å². The maximum atomic E-state index is 4.72. The number of pyridine rings is 1. The smallest absolute Gasteiger partial charge is 0.0701 e. The number of benzene rings is 11. The van der Waals surface area contributed by atoms with E-state index in [9.17, 15) is 0 Å². The molecule has 0 aliphatic heterocycles. The Kier molecular flexibility index (Phi) is 14.6. The number of nitrogens with zero attached hydrogens (tertiary/aromatic N) is 3. The number of allylic oxidation sites excluding steroid dienone is 2. The normalized spacial score (nSPS) is 11.1. The fraction of sp³-hybridized carbons (Fsp3) is 0.0132. The molecular formula is C76H57N3. The number of hydrogen-bond acceptors (Lipinski definition) is 3. The van der Waals surface area contributed by atoms with Crippen LogP contribution in [0.25, 0.3) is 56.5 Å². The first-order chi connectivity index (χ1) is 39.1. The minimum absolute atomic E-state index is 0.930. The molecule has 11 aromatic carbocycles. The summed E-state index contributed by atoms with van der Waals surface area (Å²) in [5.74, 6) is 0. The third-order valence-corrected chi connectivity index (χ3v) is 14.4. The van der Waals surface area contributed by atoms with Crippen molar-refractivity contribution in [2.24, 2.45) is 0 Å². The largest absolute Gasteiger partial charge is 0.310 e. The minimum atomic E-state index is 0.930. The Balaban J connectivity index is 1.05. The van der Waals surface area contributed by atoms with E-state index in [1.165, 1.54) is 33.4 Å². The molecule has 0 unspecified atom stereocenters. The van der Waals surface area contributed by atoms with Crippen LogP contribution in [0.5, 0.6) is 0 Å². The van der Waals surface area contributed by atoms with Gasteiger partial charge in [-0.25, -0.2) is 0 Å². The Morgan fingerprint density at radius 3 is 1.48 bits per heavy atom. The maximum absolute atomic E-state index is 4.72. The second kappa shape index (κ2) is 23.3. The van der Waals surface area contributed by atoms with Crippen molar-refractivity contribution in [2.75, 3.05) is 9.80 Å². The number of fused-ring (bicyclic) bond motifs is 1. The van der Waals surface area contributed by atoms with Crippen molar-refractivity contribution in [3.63, 3.8) is 0 Å². The molecule has 3 nitrogen and oxygen atoms in total. The van der Waals surface area contributed by atoms with E-state index in [4.69, 9.17) is 4.98 Å². The molecule has 0 N–H and O–H groups in total. The summed E-state index contributed by atoms with van der Waals surface area (Å²) in [5.41, 5.74) is 21.0. The summed E-state index contributed by atoms with van der Waals surface area (Å²) in [4.78, 5) is 9.47. The van der Waals surface area contributed by atoms with E-state index in [-0.39, 0.29) is 0 Å². The topological polar surface area (TPSA) is 19.4 Å². The predicted octanol–water partition coefficient (Wildman–Crippen LogP) is 20.6. The summed E-state index contributed by atoms with van der Waals surface area (Å²) in [6.07, 6.45) is 8.72. The number of rotatable bonds is 15. The Labute approximate surface area is 464 Å². The molecule has 0 saturated carbocycles. The van der Waals surface area contributed by atoms with E-state index in [2.05, 4.69) is 326 Å². The van der Waals surface area contributed by atoms with Gasteiger partial charge >= 0.3 is 0 Å². The zero-order valence-corrected chi connectivity index (χ0v) is 44.0. The van der Waals surface area contributed by atoms with E-state index >= 15 is 0 Å². The van der Waals surface area contributed by atoms with Gasteiger partial charge in [-0.15, -0.1) is 0 Å². The molecule has 0 radical (unpaired) electrons. The Bertz CT molecular complexity index is 3960. The molecule has 12 rings (SSSR count). The molecule has 1 aromatic heterocycles. The fourth-order valence-corrected chi connectivity index (χ4v) is 10.6. The van der Waals surface area contributed by atoms with E-state index in [1.54, 1.807) is 0 Å². The van der Waals surface area contributed by atoms with Gasteiger partial charge in [-0.3, -0.25) is 4.98 Å². The zero-order valence-electron chi connectivity index (χ0n) is 44.0. The average Bonchev–Trinajstić information content (AvgIpc) is 3.60. The molecule has 0 atom stereocenters. The Morgan fingerprint density at radius 2 is 0.886 bits per heavy atom. The second-order valence-electron chi connectivity index (χ2n) is 19.6. The van der Waals surface area contributed by atoms with Gasteiger partial charge in [-0.2, -0.15) is 0 Å². The lowest BCUT2D eigenvalue weighted by molar-refractivity contribution is 1.28. The van der Waals surface area contributed by atoms with Crippen LogP contribution in [0.4, 0.5) is 34.1 Å². The van der Waals surface area contributed by atoms with Crippen molar-refractivity contribution in [2.45, 2.75) is 6.92 Å². The molecule has 12 aromatic rings. The Hall–Kier alpha value is -10.4. The third-order valence-electron chi connectivity index (χ3n) is 14.4. The van der Waals surface area contributed by atoms with Crippen molar-refractivity contribution in [3.05, 3.63) is 355 Å². The van der Waals surface area contributed by atoms with Gasteiger partial charge in [0.05, 0.1) is 11.4 Å². The van der Waals surface area contributed by atoms with Crippen molar-refractivity contribution < 1.29 is 0 Å². The van der Waals surface area contributed by atoms with Gasteiger partial charge < -0.3 is 9.80 Å². The molecule has 376 valence electrons. The molecule has 0 spiro atoms. The van der Waals surface area contributed by atoms with Gasteiger partial charge in [0.1, 0.15) is 0 Å². The summed E-state index contributed by atoms with van der Waals surface area (Å²) in [6, 6.07) is 108. The second-order valence-corrected chi connectivity index (χ2v) is 19.6. The molecule has 1 heterocycles. The summed E-state index contributed by atoms with van der Waals surface area (Å²) in [6.45, 7) is 2.22. The lowest BCUT2D eigenvalue weighted by Crippen LogP contribution is -2.11. The highest BCUT2D eigenvalue weighted by atomic mass is 15.1. The number of anilines is 6. The molecule has 0 aliphatic rings. The summed E-state index contributed by atoms with van der Waals surface area (Å²) >= 11 is 0. The van der Waals surface area contributed by atoms with Crippen LogP contribution < -0.4 is 9.80 Å². The fourth-order valence-electron chi connectivity index (χ4n) is 10.6. The highest BCUT2D eigenvalue weighted by Crippen LogP contribution is 2.44. The first kappa shape index (κ1) is 49.5. The van der Waals surface area contributed by atoms with Crippen LogP contribution in [-0.4, -0.2) is 4.98 Å². The van der Waals surface area contributed by atoms with E-state index in [1.807, 2.05) is 18.3 Å². The van der Waals surface area contributed by atoms with Crippen LogP contribution in [0.1, 0.15) is 40.3 Å². The van der Waals surface area contributed by atoms with Crippen LogP contribution in [0.2, 0.25) is 0 Å². The molecule has 0 fully saturated rings. The monoisotopic (exact) mass is 1010 g/mol. The van der Waals surface area contributed by atoms with Gasteiger partial charge in [0.15, 0.2) is 0 Å². The van der Waals surface area contributed by atoms with Crippen LogP contribution >= 0.6 is 0 Å². The molecule has 79 heavy (non-hydrogen) atoms. The summed E-state index contributed by atoms with van der Waals surface area (Å²) in [5, 5.41) is 2.28. The van der Waals surface area contributed by atoms with Crippen molar-refractivity contribution in [1.82, 2.24) is 4.98 Å². The zero-order chi connectivity index (χ0) is 53.2. The summed E-state index contributed by atoms with van der Waals surface area (Å²) in [7, 11) is 0. The standard InChI is InChI=1S/C76H57N3/c1-56(76(62-28-12-4-13-29-62)63-30-14-5-15-31-63)41-42-57-51-66(64-32-22-38-70(54-64)78(67-34-16-6-17-35-67)68-36-18-7-19-37-68)55-71(52-57)79(69-46-44-61(45-47-69)74-39-20-21-49-77-74)75-40-23-33-65-50-58(43-48-72(65)75)53-73(59-24-8-2-9-25-59)60-26-10-3-11-27-60/h2-55H,1H3/b42-41+. The average molecular weight is 1010 g/mol. The first-order valence-electron chi connectivity index (χ1n) is 26.9. The summed E-state index contributed by atoms with van der Waals surface area (Å²) < 4.78 is 0. The highest BCUT2D eigenvalue weighted by Gasteiger charge is 2.20. The van der Waals surface area contributed by atoms with Crippen molar-refractivity contribution in [1.29, 1.82) is 0 Å². The third kappa shape index (κ3) is 11.2. The molecule has 0 amide bonds. The van der Waals surface area contributed by atoms with Crippen LogP contribution in [-0.2, 0) is 0 Å². The lowest BCUT2D eigenvalue weighted by Gasteiger charge is -2.28. The van der Waals surface area contributed by atoms with E-state index < -0.39 is 0 Å². The molecule has 0 aliphatic carbocycles. The van der Waals surface area contributed by atoms with Gasteiger partial charge in [0.25, 0.3) is 0 Å². The molecule has 0 bridgehead atoms. The Morgan fingerprint density at radius 1 is 0.354 bits per heavy atom. The van der Waals surface area contributed by atoms with Crippen LogP contribution in [0.15, 0.2) is 321 Å². The van der Waals surface area contributed by atoms with Crippen molar-refractivity contribution in [3.8, 4) is 22.4 Å². The number of hydrogen-bond donors (Lipinski definition) is 0. The van der Waals surface area contributed by atoms with Gasteiger partial charge in [0, 0.05) is 45.6 Å². The SMILES string of the molecule is CC(/C=C/c1cc(-c2cccc(N(c3ccccc3)c3ccccc3)c2)cc(N(c2ccc(-c3ccccn3)cc2)c2cccc3cc(C=C(c4ccccc4)c4ccccc4)ccc23)c1)=C(c1ccccc1)c1ccccc1. The van der Waals surface area contributed by atoms with Gasteiger partial charge in [-0.05, 0) is 171 Å². The maximum Gasteiger partial charge on any atom is 0.0701 e. The van der Waals surface area contributed by atoms with Gasteiger partial charge in [-0.1, -0.05) is 224 Å². The quantitative estimate of drug-likeness (QED) is 0.0754. The first-order valence-corrected chi connectivity index (χ1v) is 26.9. The molecular weight excluding hydrogens is 955 g/mol. The highest BCUT2D eigenvalue weighted by molar-refractivity contribution is 6.02. The molecule has 0 saturated heterocycles. The van der Waals surface area contributed by atoms with Crippen LogP contribution in [0.3, 0.4) is 0 Å². The van der Waals surface area contributed by atoms with Crippen molar-refractivity contribution >= 4 is 68.2 Å². The van der Waals surface area contributed by atoms with Gasteiger partial charge in [0.2, 0.25) is 0 Å². The predicted molar refractivity (Wildman–Crippen MR) is 335 cm³/mol.